The molecular weight excluding hydrogens is 308 g/mol. The Bertz CT molecular complexity index is 721. The second kappa shape index (κ2) is 8.17. The maximum absolute atomic E-state index is 7.73. The first-order chi connectivity index (χ1) is 11.2. The fourth-order valence-corrected chi connectivity index (χ4v) is 2.46. The summed E-state index contributed by atoms with van der Waals surface area (Å²) in [6.07, 6.45) is 1.17. The van der Waals surface area contributed by atoms with E-state index in [0.717, 1.165) is 11.1 Å². The highest BCUT2D eigenvalue weighted by Gasteiger charge is 2.14. The quantitative estimate of drug-likeness (QED) is 0.374. The lowest BCUT2D eigenvalue weighted by atomic mass is 10.0. The van der Waals surface area contributed by atoms with Gasteiger partial charge < -0.3 is 16.6 Å². The Kier molecular flexibility index (Phi) is 5.97. The van der Waals surface area contributed by atoms with Crippen LogP contribution < -0.4 is 16.6 Å². The number of halogens is 1. The third-order valence-corrected chi connectivity index (χ3v) is 3.68. The summed E-state index contributed by atoms with van der Waals surface area (Å²) < 4.78 is 0. The lowest BCUT2D eigenvalue weighted by Crippen LogP contribution is -2.27. The van der Waals surface area contributed by atoms with Crippen LogP contribution in [0.1, 0.15) is 11.1 Å². The van der Waals surface area contributed by atoms with E-state index < -0.39 is 0 Å². The molecule has 5 heteroatoms. The summed E-state index contributed by atoms with van der Waals surface area (Å²) in [5.41, 5.74) is 15.4. The van der Waals surface area contributed by atoms with Crippen molar-refractivity contribution in [1.82, 2.24) is 10.9 Å². The summed E-state index contributed by atoms with van der Waals surface area (Å²) in [5, 5.41) is 8.11. The second-order valence-electron chi connectivity index (χ2n) is 4.77. The number of hydrogen-bond donors (Lipinski definition) is 4. The Morgan fingerprint density at radius 2 is 1.52 bits per heavy atom. The summed E-state index contributed by atoms with van der Waals surface area (Å²) in [6.45, 7) is 0. The van der Waals surface area contributed by atoms with Crippen LogP contribution >= 0.6 is 11.6 Å². The minimum atomic E-state index is 0.377. The zero-order chi connectivity index (χ0) is 16.7. The van der Waals surface area contributed by atoms with Crippen molar-refractivity contribution in [3.63, 3.8) is 0 Å². The molecule has 0 aliphatic heterocycles. The molecule has 0 heterocycles. The van der Waals surface area contributed by atoms with Crippen molar-refractivity contribution >= 4 is 29.2 Å². The zero-order valence-electron chi connectivity index (χ0n) is 12.8. The normalized spacial score (nSPS) is 13.0. The predicted molar refractivity (Wildman–Crippen MR) is 97.7 cm³/mol. The first kappa shape index (κ1) is 16.8. The van der Waals surface area contributed by atoms with Gasteiger partial charge in [-0.3, -0.25) is 0 Å². The molecule has 0 amide bonds. The minimum absolute atomic E-state index is 0.377. The average molecular weight is 327 g/mol. The molecule has 4 nitrogen and oxygen atoms in total. The molecule has 0 saturated heterocycles. The van der Waals surface area contributed by atoms with E-state index in [4.69, 9.17) is 22.7 Å². The van der Waals surface area contributed by atoms with E-state index in [1.165, 1.54) is 6.21 Å². The number of hydrazine groups is 1. The van der Waals surface area contributed by atoms with Crippen LogP contribution in [-0.2, 0) is 0 Å². The molecule has 5 N–H and O–H groups in total. The maximum Gasteiger partial charge on any atom is 0.0765 e. The molecule has 0 aliphatic rings. The van der Waals surface area contributed by atoms with Gasteiger partial charge in [-0.05, 0) is 5.56 Å². The zero-order valence-corrected chi connectivity index (χ0v) is 13.6. The van der Waals surface area contributed by atoms with E-state index in [2.05, 4.69) is 10.9 Å². The van der Waals surface area contributed by atoms with Crippen LogP contribution in [0.4, 0.5) is 0 Å². The monoisotopic (exact) mass is 326 g/mol. The number of nitrogens with one attached hydrogen (secondary N) is 3. The molecule has 0 aromatic heterocycles. The second-order valence-corrected chi connectivity index (χ2v) is 5.15. The van der Waals surface area contributed by atoms with Crippen LogP contribution in [-0.4, -0.2) is 13.3 Å². The molecule has 0 fully saturated rings. The Balaban J connectivity index is 2.59. The van der Waals surface area contributed by atoms with Crippen LogP contribution in [0.5, 0.6) is 0 Å². The molecular formula is C18H19ClN4. The predicted octanol–water partition coefficient (Wildman–Crippen LogP) is 3.34. The van der Waals surface area contributed by atoms with Crippen molar-refractivity contribution in [3.8, 4) is 0 Å². The van der Waals surface area contributed by atoms with Crippen molar-refractivity contribution < 1.29 is 0 Å². The van der Waals surface area contributed by atoms with Gasteiger partial charge in [0.15, 0.2) is 0 Å². The fourth-order valence-electron chi connectivity index (χ4n) is 2.15. The van der Waals surface area contributed by atoms with Gasteiger partial charge in [0.2, 0.25) is 0 Å². The molecule has 0 saturated carbocycles. The number of hydrogen-bond acceptors (Lipinski definition) is 4. The molecule has 0 spiro atoms. The van der Waals surface area contributed by atoms with E-state index in [1.54, 1.807) is 7.05 Å². The topological polar surface area (TPSA) is 73.9 Å². The summed E-state index contributed by atoms with van der Waals surface area (Å²) in [7, 11) is 1.75. The molecule has 2 aromatic rings. The number of rotatable bonds is 6. The Hall–Kier alpha value is -2.56. The number of allylic oxidation sites excluding steroid dienone is 2. The van der Waals surface area contributed by atoms with Crippen molar-refractivity contribution in [1.29, 1.82) is 5.41 Å². The Morgan fingerprint density at radius 1 is 1.00 bits per heavy atom. The lowest BCUT2D eigenvalue weighted by Gasteiger charge is -2.15. The highest BCUT2D eigenvalue weighted by atomic mass is 35.5. The van der Waals surface area contributed by atoms with Gasteiger partial charge in [-0.25, -0.2) is 5.43 Å². The van der Waals surface area contributed by atoms with Gasteiger partial charge in [0.1, 0.15) is 0 Å². The van der Waals surface area contributed by atoms with Gasteiger partial charge in [0, 0.05) is 30.1 Å². The van der Waals surface area contributed by atoms with Crippen molar-refractivity contribution in [2.45, 2.75) is 0 Å². The molecule has 0 unspecified atom stereocenters. The van der Waals surface area contributed by atoms with Crippen LogP contribution in [0, 0.1) is 5.41 Å². The number of nitrogens with two attached hydrogens (primary N) is 1. The van der Waals surface area contributed by atoms with E-state index in [1.807, 2.05) is 60.7 Å². The van der Waals surface area contributed by atoms with Gasteiger partial charge in [0.05, 0.1) is 10.7 Å². The summed E-state index contributed by atoms with van der Waals surface area (Å²) in [5.74, 6) is 0. The first-order valence-corrected chi connectivity index (χ1v) is 7.50. The minimum Gasteiger partial charge on any atom is -0.398 e. The van der Waals surface area contributed by atoms with E-state index in [-0.39, 0.29) is 0 Å². The molecule has 2 aromatic carbocycles. The largest absolute Gasteiger partial charge is 0.398 e. The van der Waals surface area contributed by atoms with Crippen molar-refractivity contribution in [2.24, 2.45) is 5.73 Å². The first-order valence-electron chi connectivity index (χ1n) is 7.13. The van der Waals surface area contributed by atoms with Crippen LogP contribution in [0.15, 0.2) is 71.3 Å². The van der Waals surface area contributed by atoms with E-state index in [9.17, 15) is 0 Å². The van der Waals surface area contributed by atoms with Gasteiger partial charge in [0.25, 0.3) is 0 Å². The fraction of sp³-hybridized carbons (Fsp3) is 0.0556. The maximum atomic E-state index is 7.73. The summed E-state index contributed by atoms with van der Waals surface area (Å²) in [4.78, 5) is 0. The molecule has 23 heavy (non-hydrogen) atoms. The van der Waals surface area contributed by atoms with E-state index in [0.29, 0.717) is 22.0 Å². The van der Waals surface area contributed by atoms with Crippen molar-refractivity contribution in [3.05, 3.63) is 82.4 Å². The molecule has 0 radical (unpaired) electrons. The van der Waals surface area contributed by atoms with E-state index >= 15 is 0 Å². The molecule has 0 atom stereocenters. The Morgan fingerprint density at radius 3 is 2.00 bits per heavy atom. The van der Waals surface area contributed by atoms with Gasteiger partial charge in [-0.15, -0.1) is 0 Å². The number of benzene rings is 2. The summed E-state index contributed by atoms with van der Waals surface area (Å²) in [6, 6.07) is 19.1. The lowest BCUT2D eigenvalue weighted by molar-refractivity contribution is 0.747. The standard InChI is InChI=1S/C18H19ClN4/c1-22-23-18(14-10-6-3-7-11-14)16(19)15(12-20)17(21)13-8-4-2-5-9-13/h2-12,20,22-23H,21H2,1H3/b17-15?,18-16+,20-12?. The SMILES string of the molecule is CNN/C(=C(/Cl)C(C=N)=C(N)c1ccccc1)c1ccccc1. The molecule has 2 rings (SSSR count). The highest BCUT2D eigenvalue weighted by molar-refractivity contribution is 6.38. The van der Waals surface area contributed by atoms with Crippen LogP contribution in [0.25, 0.3) is 11.4 Å². The van der Waals surface area contributed by atoms with Gasteiger partial charge >= 0.3 is 0 Å². The molecule has 0 bridgehead atoms. The van der Waals surface area contributed by atoms with Gasteiger partial charge in [-0.2, -0.15) is 0 Å². The Labute approximate surface area is 141 Å². The third-order valence-electron chi connectivity index (χ3n) is 3.29. The highest BCUT2D eigenvalue weighted by Crippen LogP contribution is 2.27. The average Bonchev–Trinajstić information content (AvgIpc) is 2.61. The smallest absolute Gasteiger partial charge is 0.0765 e. The molecule has 0 aliphatic carbocycles. The van der Waals surface area contributed by atoms with Crippen LogP contribution in [0.2, 0.25) is 0 Å². The van der Waals surface area contributed by atoms with Crippen LogP contribution in [0.3, 0.4) is 0 Å². The molecule has 118 valence electrons. The van der Waals surface area contributed by atoms with Crippen molar-refractivity contribution in [2.75, 3.05) is 7.05 Å². The third kappa shape index (κ3) is 4.00. The van der Waals surface area contributed by atoms with Gasteiger partial charge in [-0.1, -0.05) is 72.3 Å². The summed E-state index contributed by atoms with van der Waals surface area (Å²) >= 11 is 6.56.